The van der Waals surface area contributed by atoms with Crippen molar-refractivity contribution in [2.45, 2.75) is 19.4 Å². The fourth-order valence-electron chi connectivity index (χ4n) is 0.942. The molecular formula is C8H16N2O2. The number of aliphatic hydroxyl groups is 2. The Balaban J connectivity index is 3.60. The van der Waals surface area contributed by atoms with Crippen LogP contribution in [0.15, 0.2) is 0 Å². The minimum Gasteiger partial charge on any atom is -0.394 e. The number of nitrogens with zero attached hydrogens (tertiary/aromatic N) is 2. The van der Waals surface area contributed by atoms with Crippen LogP contribution in [0.1, 0.15) is 13.3 Å². The van der Waals surface area contributed by atoms with E-state index >= 15 is 0 Å². The highest BCUT2D eigenvalue weighted by Crippen LogP contribution is 1.93. The van der Waals surface area contributed by atoms with Crippen molar-refractivity contribution in [2.24, 2.45) is 0 Å². The standard InChI is InChI=1S/C8H16N2O2/c1-2-10(5-3-4-9)6-8(12)7-11/h8,11-12H,2-3,5-7H2,1H3. The van der Waals surface area contributed by atoms with Crippen LogP contribution in [-0.2, 0) is 0 Å². The van der Waals surface area contributed by atoms with Crippen molar-refractivity contribution in [1.82, 2.24) is 4.90 Å². The third kappa shape index (κ3) is 5.08. The van der Waals surface area contributed by atoms with E-state index in [1.165, 1.54) is 0 Å². The Morgan fingerprint density at radius 2 is 2.25 bits per heavy atom. The molecule has 0 saturated carbocycles. The molecule has 0 aromatic carbocycles. The summed E-state index contributed by atoms with van der Waals surface area (Å²) in [6.07, 6.45) is -0.227. The average molecular weight is 172 g/mol. The number of nitriles is 1. The first-order valence-corrected chi connectivity index (χ1v) is 4.12. The van der Waals surface area contributed by atoms with Crippen molar-refractivity contribution in [1.29, 1.82) is 5.26 Å². The summed E-state index contributed by atoms with van der Waals surface area (Å²) >= 11 is 0. The molecule has 4 heteroatoms. The summed E-state index contributed by atoms with van der Waals surface area (Å²) in [4.78, 5) is 1.93. The number of hydrogen-bond donors (Lipinski definition) is 2. The fourth-order valence-corrected chi connectivity index (χ4v) is 0.942. The second-order valence-electron chi connectivity index (χ2n) is 2.64. The van der Waals surface area contributed by atoms with E-state index in [1.54, 1.807) is 0 Å². The third-order valence-corrected chi connectivity index (χ3v) is 1.67. The van der Waals surface area contributed by atoms with E-state index in [2.05, 4.69) is 0 Å². The molecule has 70 valence electrons. The third-order valence-electron chi connectivity index (χ3n) is 1.67. The molecule has 0 aliphatic carbocycles. The summed E-state index contributed by atoms with van der Waals surface area (Å²) < 4.78 is 0. The number of rotatable bonds is 6. The molecule has 4 nitrogen and oxygen atoms in total. The molecule has 0 radical (unpaired) electrons. The van der Waals surface area contributed by atoms with Gasteiger partial charge in [-0.2, -0.15) is 5.26 Å². The van der Waals surface area contributed by atoms with Gasteiger partial charge >= 0.3 is 0 Å². The zero-order valence-corrected chi connectivity index (χ0v) is 7.40. The van der Waals surface area contributed by atoms with Crippen molar-refractivity contribution in [3.8, 4) is 6.07 Å². The molecule has 0 amide bonds. The minimum absolute atomic E-state index is 0.219. The molecule has 1 unspecified atom stereocenters. The Hall–Kier alpha value is -0.630. The van der Waals surface area contributed by atoms with Gasteiger partial charge in [0.2, 0.25) is 0 Å². The SMILES string of the molecule is CCN(CCC#N)CC(O)CO. The van der Waals surface area contributed by atoms with E-state index in [4.69, 9.17) is 15.5 Å². The molecule has 0 aromatic rings. The Morgan fingerprint density at radius 3 is 2.67 bits per heavy atom. The van der Waals surface area contributed by atoms with Gasteiger partial charge in [-0.3, -0.25) is 4.90 Å². The quantitative estimate of drug-likeness (QED) is 0.571. The zero-order chi connectivity index (χ0) is 9.40. The molecule has 0 aliphatic heterocycles. The van der Waals surface area contributed by atoms with E-state index in [1.807, 2.05) is 17.9 Å². The number of likely N-dealkylation sites (N-methyl/N-ethyl adjacent to an activating group) is 1. The van der Waals surface area contributed by atoms with Gasteiger partial charge in [0.05, 0.1) is 18.8 Å². The maximum absolute atomic E-state index is 9.08. The summed E-state index contributed by atoms with van der Waals surface area (Å²) in [7, 11) is 0. The summed E-state index contributed by atoms with van der Waals surface area (Å²) in [5.41, 5.74) is 0. The maximum atomic E-state index is 9.08. The van der Waals surface area contributed by atoms with E-state index in [9.17, 15) is 0 Å². The van der Waals surface area contributed by atoms with Crippen molar-refractivity contribution in [3.05, 3.63) is 0 Å². The second-order valence-corrected chi connectivity index (χ2v) is 2.64. The molecule has 0 fully saturated rings. The van der Waals surface area contributed by atoms with Gasteiger partial charge in [-0.1, -0.05) is 6.92 Å². The van der Waals surface area contributed by atoms with Crippen molar-refractivity contribution in [3.63, 3.8) is 0 Å². The van der Waals surface area contributed by atoms with E-state index in [-0.39, 0.29) is 6.61 Å². The predicted molar refractivity (Wildman–Crippen MR) is 45.4 cm³/mol. The molecule has 12 heavy (non-hydrogen) atoms. The summed E-state index contributed by atoms with van der Waals surface area (Å²) in [6.45, 7) is 3.63. The molecule has 0 saturated heterocycles. The predicted octanol–water partition coefficient (Wildman–Crippen LogP) is -0.425. The van der Waals surface area contributed by atoms with E-state index < -0.39 is 6.10 Å². The van der Waals surface area contributed by atoms with Gasteiger partial charge in [-0.25, -0.2) is 0 Å². The largest absolute Gasteiger partial charge is 0.394 e. The van der Waals surface area contributed by atoms with Crippen LogP contribution in [-0.4, -0.2) is 47.5 Å². The zero-order valence-electron chi connectivity index (χ0n) is 7.40. The summed E-state index contributed by atoms with van der Waals surface area (Å²) in [5, 5.41) is 26.0. The normalized spacial score (nSPS) is 12.9. The Kier molecular flexibility index (Phi) is 6.67. The summed E-state index contributed by atoms with van der Waals surface area (Å²) in [6, 6.07) is 2.04. The van der Waals surface area contributed by atoms with Crippen LogP contribution in [0.4, 0.5) is 0 Å². The monoisotopic (exact) mass is 172 g/mol. The lowest BCUT2D eigenvalue weighted by atomic mass is 10.3. The molecule has 2 N–H and O–H groups in total. The Morgan fingerprint density at radius 1 is 1.58 bits per heavy atom. The highest BCUT2D eigenvalue weighted by molar-refractivity contribution is 4.73. The van der Waals surface area contributed by atoms with Crippen molar-refractivity contribution in [2.75, 3.05) is 26.2 Å². The van der Waals surface area contributed by atoms with Gasteiger partial charge in [0.15, 0.2) is 0 Å². The number of hydrogen-bond acceptors (Lipinski definition) is 4. The number of aliphatic hydroxyl groups excluding tert-OH is 2. The van der Waals surface area contributed by atoms with Crippen LogP contribution in [0.3, 0.4) is 0 Å². The first kappa shape index (κ1) is 11.4. The second kappa shape index (κ2) is 7.04. The van der Waals surface area contributed by atoms with Gasteiger partial charge in [-0.05, 0) is 6.54 Å². The smallest absolute Gasteiger partial charge is 0.0897 e. The lowest BCUT2D eigenvalue weighted by molar-refractivity contribution is 0.0613. The lowest BCUT2D eigenvalue weighted by Crippen LogP contribution is -2.34. The van der Waals surface area contributed by atoms with Crippen LogP contribution in [0.5, 0.6) is 0 Å². The van der Waals surface area contributed by atoms with Gasteiger partial charge in [0.25, 0.3) is 0 Å². The van der Waals surface area contributed by atoms with Crippen LogP contribution < -0.4 is 0 Å². The molecular weight excluding hydrogens is 156 g/mol. The highest BCUT2D eigenvalue weighted by atomic mass is 16.3. The van der Waals surface area contributed by atoms with Gasteiger partial charge in [0, 0.05) is 19.5 Å². The molecule has 0 aromatic heterocycles. The summed E-state index contributed by atoms with van der Waals surface area (Å²) in [5.74, 6) is 0. The topological polar surface area (TPSA) is 67.5 Å². The van der Waals surface area contributed by atoms with Crippen LogP contribution in [0, 0.1) is 11.3 Å². The fraction of sp³-hybridized carbons (Fsp3) is 0.875. The average Bonchev–Trinajstić information content (AvgIpc) is 2.11. The van der Waals surface area contributed by atoms with Crippen LogP contribution in [0.2, 0.25) is 0 Å². The molecule has 0 aliphatic rings. The van der Waals surface area contributed by atoms with E-state index in [0.717, 1.165) is 6.54 Å². The lowest BCUT2D eigenvalue weighted by Gasteiger charge is -2.21. The van der Waals surface area contributed by atoms with Crippen LogP contribution in [0.25, 0.3) is 0 Å². The minimum atomic E-state index is -0.691. The van der Waals surface area contributed by atoms with Crippen molar-refractivity contribution >= 4 is 0 Å². The first-order valence-electron chi connectivity index (χ1n) is 4.12. The van der Waals surface area contributed by atoms with Gasteiger partial charge in [0.1, 0.15) is 0 Å². The Bertz CT molecular complexity index is 144. The van der Waals surface area contributed by atoms with E-state index in [0.29, 0.717) is 19.5 Å². The first-order chi connectivity index (χ1) is 5.74. The Labute approximate surface area is 73.0 Å². The molecule has 0 spiro atoms. The molecule has 1 atom stereocenters. The maximum Gasteiger partial charge on any atom is 0.0897 e. The molecule has 0 bridgehead atoms. The molecule has 0 heterocycles. The molecule has 0 rings (SSSR count). The van der Waals surface area contributed by atoms with Gasteiger partial charge in [-0.15, -0.1) is 0 Å². The van der Waals surface area contributed by atoms with Crippen molar-refractivity contribution < 1.29 is 10.2 Å². The van der Waals surface area contributed by atoms with Gasteiger partial charge < -0.3 is 10.2 Å². The highest BCUT2D eigenvalue weighted by Gasteiger charge is 2.07. The van der Waals surface area contributed by atoms with Crippen LogP contribution >= 0.6 is 0 Å².